The maximum Gasteiger partial charge on any atom is 0.226 e. The van der Waals surface area contributed by atoms with E-state index in [9.17, 15) is 9.90 Å². The van der Waals surface area contributed by atoms with Crippen LogP contribution in [0.5, 0.6) is 5.75 Å². The van der Waals surface area contributed by atoms with Crippen molar-refractivity contribution < 1.29 is 14.3 Å². The van der Waals surface area contributed by atoms with E-state index in [0.29, 0.717) is 18.1 Å². The molecule has 0 aliphatic carbocycles. The molecule has 1 unspecified atom stereocenters. The molecular weight excluding hydrogens is 376 g/mol. The van der Waals surface area contributed by atoms with Crippen LogP contribution in [-0.2, 0) is 4.79 Å². The summed E-state index contributed by atoms with van der Waals surface area (Å²) in [6.07, 6.45) is 2.26. The van der Waals surface area contributed by atoms with E-state index < -0.39 is 0 Å². The molecular formula is C25H20N2O3. The van der Waals surface area contributed by atoms with E-state index >= 15 is 0 Å². The maximum atomic E-state index is 11.4. The van der Waals surface area contributed by atoms with Gasteiger partial charge in [0.2, 0.25) is 11.8 Å². The van der Waals surface area contributed by atoms with Gasteiger partial charge in [-0.2, -0.15) is 0 Å². The highest BCUT2D eigenvalue weighted by molar-refractivity contribution is 5.79. The van der Waals surface area contributed by atoms with Crippen LogP contribution in [0.25, 0.3) is 33.9 Å². The monoisotopic (exact) mass is 396 g/mol. The number of amides is 1. The number of aromatic hydroxyl groups is 1. The summed E-state index contributed by atoms with van der Waals surface area (Å²) in [4.78, 5) is 15.8. The van der Waals surface area contributed by atoms with Crippen LogP contribution in [0.4, 0.5) is 0 Å². The molecule has 5 heteroatoms. The summed E-state index contributed by atoms with van der Waals surface area (Å²) in [6, 6.07) is 23.3. The van der Waals surface area contributed by atoms with E-state index in [0.717, 1.165) is 28.8 Å². The summed E-state index contributed by atoms with van der Waals surface area (Å²) in [5.41, 5.74) is 5.18. The van der Waals surface area contributed by atoms with Gasteiger partial charge in [0.15, 0.2) is 5.76 Å². The second-order valence-corrected chi connectivity index (χ2v) is 7.48. The summed E-state index contributed by atoms with van der Waals surface area (Å²) in [5.74, 6) is 1.82. The average Bonchev–Trinajstić information content (AvgIpc) is 3.44. The molecule has 4 aromatic rings. The number of carbonyl (C=O) groups excluding carboxylic acids is 1. The Hall–Kier alpha value is -3.86. The van der Waals surface area contributed by atoms with Crippen molar-refractivity contribution in [1.82, 2.24) is 10.3 Å². The van der Waals surface area contributed by atoms with E-state index in [-0.39, 0.29) is 17.6 Å². The quantitative estimate of drug-likeness (QED) is 0.510. The van der Waals surface area contributed by atoms with E-state index in [2.05, 4.69) is 46.7 Å². The van der Waals surface area contributed by atoms with Crippen LogP contribution >= 0.6 is 0 Å². The van der Waals surface area contributed by atoms with Gasteiger partial charge in [-0.1, -0.05) is 36.4 Å². The fourth-order valence-corrected chi connectivity index (χ4v) is 3.76. The molecule has 1 fully saturated rings. The van der Waals surface area contributed by atoms with Gasteiger partial charge in [0.25, 0.3) is 0 Å². The first-order valence-electron chi connectivity index (χ1n) is 9.88. The number of phenols is 1. The van der Waals surface area contributed by atoms with Crippen LogP contribution in [0.2, 0.25) is 0 Å². The molecule has 0 radical (unpaired) electrons. The first kappa shape index (κ1) is 18.2. The predicted octanol–water partition coefficient (Wildman–Crippen LogP) is 4.98. The Labute approximate surface area is 174 Å². The van der Waals surface area contributed by atoms with Crippen molar-refractivity contribution in [1.29, 1.82) is 0 Å². The Morgan fingerprint density at radius 1 is 0.833 bits per heavy atom. The normalized spacial score (nSPS) is 15.9. The number of hydrogen-bond acceptors (Lipinski definition) is 4. The highest BCUT2D eigenvalue weighted by Gasteiger charge is 2.22. The predicted molar refractivity (Wildman–Crippen MR) is 115 cm³/mol. The van der Waals surface area contributed by atoms with Crippen molar-refractivity contribution in [3.63, 3.8) is 0 Å². The van der Waals surface area contributed by atoms with Gasteiger partial charge in [0, 0.05) is 30.0 Å². The Kier molecular flexibility index (Phi) is 4.56. The first-order valence-corrected chi connectivity index (χ1v) is 9.88. The summed E-state index contributed by atoms with van der Waals surface area (Å²) >= 11 is 0. The van der Waals surface area contributed by atoms with Crippen molar-refractivity contribution in [2.75, 3.05) is 6.54 Å². The highest BCUT2D eigenvalue weighted by Crippen LogP contribution is 2.30. The van der Waals surface area contributed by atoms with Crippen molar-refractivity contribution in [3.05, 3.63) is 84.6 Å². The van der Waals surface area contributed by atoms with Gasteiger partial charge >= 0.3 is 0 Å². The van der Waals surface area contributed by atoms with Gasteiger partial charge in [-0.3, -0.25) is 4.79 Å². The van der Waals surface area contributed by atoms with Gasteiger partial charge in [0.05, 0.1) is 6.20 Å². The molecule has 1 saturated heterocycles. The molecule has 1 aliphatic heterocycles. The first-order chi connectivity index (χ1) is 14.7. The molecule has 5 nitrogen and oxygen atoms in total. The summed E-state index contributed by atoms with van der Waals surface area (Å²) in [5, 5.41) is 12.3. The number of aromatic nitrogens is 1. The summed E-state index contributed by atoms with van der Waals surface area (Å²) < 4.78 is 5.90. The molecule has 1 amide bonds. The Bertz CT molecular complexity index is 1180. The van der Waals surface area contributed by atoms with E-state index in [1.807, 2.05) is 12.1 Å². The molecule has 1 aromatic heterocycles. The van der Waals surface area contributed by atoms with Crippen LogP contribution in [0.1, 0.15) is 17.9 Å². The van der Waals surface area contributed by atoms with Gasteiger partial charge < -0.3 is 14.8 Å². The SMILES string of the molecule is O=C1CC(c2ccc(-c3ccc(-c4ncc(-c5ccc(O)cc5)o4)cc3)cc2)CN1. The van der Waals surface area contributed by atoms with Gasteiger partial charge in [-0.05, 0) is 53.1 Å². The van der Waals surface area contributed by atoms with Crippen LogP contribution in [0.3, 0.4) is 0 Å². The fraction of sp³-hybridized carbons (Fsp3) is 0.120. The molecule has 2 heterocycles. The van der Waals surface area contributed by atoms with Gasteiger partial charge in [-0.25, -0.2) is 4.98 Å². The largest absolute Gasteiger partial charge is 0.508 e. The molecule has 30 heavy (non-hydrogen) atoms. The number of phenolic OH excluding ortho intramolecular Hbond substituents is 1. The minimum Gasteiger partial charge on any atom is -0.508 e. The van der Waals surface area contributed by atoms with Crippen molar-refractivity contribution in [3.8, 4) is 39.7 Å². The Morgan fingerprint density at radius 2 is 1.43 bits per heavy atom. The number of rotatable bonds is 4. The average molecular weight is 396 g/mol. The number of nitrogens with one attached hydrogen (secondary N) is 1. The zero-order valence-corrected chi connectivity index (χ0v) is 16.2. The van der Waals surface area contributed by atoms with Crippen molar-refractivity contribution in [2.45, 2.75) is 12.3 Å². The van der Waals surface area contributed by atoms with Crippen molar-refractivity contribution >= 4 is 5.91 Å². The Balaban J connectivity index is 1.33. The third-order valence-electron chi connectivity index (χ3n) is 5.48. The third kappa shape index (κ3) is 3.57. The number of hydrogen-bond donors (Lipinski definition) is 2. The molecule has 148 valence electrons. The molecule has 0 spiro atoms. The Morgan fingerprint density at radius 3 is 2.07 bits per heavy atom. The van der Waals surface area contributed by atoms with E-state index in [4.69, 9.17) is 4.42 Å². The lowest BCUT2D eigenvalue weighted by molar-refractivity contribution is -0.119. The minimum absolute atomic E-state index is 0.125. The number of nitrogens with zero attached hydrogens (tertiary/aromatic N) is 1. The minimum atomic E-state index is 0.125. The molecule has 1 atom stereocenters. The van der Waals surface area contributed by atoms with E-state index in [1.54, 1.807) is 30.5 Å². The fourth-order valence-electron chi connectivity index (χ4n) is 3.76. The maximum absolute atomic E-state index is 11.4. The number of oxazole rings is 1. The van der Waals surface area contributed by atoms with Crippen LogP contribution in [0.15, 0.2) is 83.4 Å². The standard InChI is InChI=1S/C25H20N2O3/c28-22-11-9-19(10-12-22)23-15-27-25(30-23)20-7-5-17(6-8-20)16-1-3-18(4-2-16)21-13-24(29)26-14-21/h1-12,15,21,28H,13-14H2,(H,26,29). The third-order valence-corrected chi connectivity index (χ3v) is 5.48. The molecule has 0 bridgehead atoms. The lowest BCUT2D eigenvalue weighted by atomic mass is 9.95. The van der Waals surface area contributed by atoms with Crippen LogP contribution in [-0.4, -0.2) is 22.5 Å². The van der Waals surface area contributed by atoms with Gasteiger partial charge in [0.1, 0.15) is 5.75 Å². The number of carbonyl (C=O) groups is 1. The second kappa shape index (κ2) is 7.52. The van der Waals surface area contributed by atoms with Crippen molar-refractivity contribution in [2.24, 2.45) is 0 Å². The van der Waals surface area contributed by atoms with Crippen LogP contribution in [0, 0.1) is 0 Å². The summed E-state index contributed by atoms with van der Waals surface area (Å²) in [7, 11) is 0. The zero-order chi connectivity index (χ0) is 20.5. The topological polar surface area (TPSA) is 75.4 Å². The summed E-state index contributed by atoms with van der Waals surface area (Å²) in [6.45, 7) is 0.717. The molecule has 1 aliphatic rings. The second-order valence-electron chi connectivity index (χ2n) is 7.48. The lowest BCUT2D eigenvalue weighted by Gasteiger charge is -2.09. The highest BCUT2D eigenvalue weighted by atomic mass is 16.4. The molecule has 5 rings (SSSR count). The number of benzene rings is 3. The van der Waals surface area contributed by atoms with E-state index in [1.165, 1.54) is 5.56 Å². The smallest absolute Gasteiger partial charge is 0.226 e. The zero-order valence-electron chi connectivity index (χ0n) is 16.2. The molecule has 2 N–H and O–H groups in total. The van der Waals surface area contributed by atoms with Gasteiger partial charge in [-0.15, -0.1) is 0 Å². The molecule has 0 saturated carbocycles. The van der Waals surface area contributed by atoms with Crippen LogP contribution < -0.4 is 5.32 Å². The molecule has 3 aromatic carbocycles. The lowest BCUT2D eigenvalue weighted by Crippen LogP contribution is -2.13.